The summed E-state index contributed by atoms with van der Waals surface area (Å²) in [7, 11) is 0. The lowest BCUT2D eigenvalue weighted by Crippen LogP contribution is -2.46. The average molecular weight is 615 g/mol. The van der Waals surface area contributed by atoms with Crippen LogP contribution in [0.15, 0.2) is 30.3 Å². The van der Waals surface area contributed by atoms with E-state index in [-0.39, 0.29) is 38.3 Å². The molecule has 7 N–H and O–H groups in total. The Morgan fingerprint density at radius 2 is 1.29 bits per heavy atom. The van der Waals surface area contributed by atoms with Gasteiger partial charge < -0.3 is 36.2 Å². The third-order valence-corrected chi connectivity index (χ3v) is 5.98. The first-order valence-corrected chi connectivity index (χ1v) is 13.7. The second kappa shape index (κ2) is 22.0. The van der Waals surface area contributed by atoms with E-state index in [0.29, 0.717) is 0 Å². The number of carboxylic acid groups (broad SMARTS) is 5. The number of nitrogens with zero attached hydrogens (tertiary/aromatic N) is 2. The lowest BCUT2D eigenvalue weighted by atomic mass is 9.94. The molecule has 2 rings (SSSR count). The molecule has 0 radical (unpaired) electrons. The Morgan fingerprint density at radius 3 is 1.69 bits per heavy atom. The van der Waals surface area contributed by atoms with Crippen molar-refractivity contribution in [2.45, 2.75) is 58.0 Å². The summed E-state index contributed by atoms with van der Waals surface area (Å²) in [5.41, 5.74) is 1.05. The van der Waals surface area contributed by atoms with Crippen molar-refractivity contribution >= 4 is 52.7 Å². The summed E-state index contributed by atoms with van der Waals surface area (Å²) < 4.78 is 0. The van der Waals surface area contributed by atoms with Crippen LogP contribution >= 0.6 is 12.2 Å². The Morgan fingerprint density at radius 1 is 0.810 bits per heavy atom. The van der Waals surface area contributed by atoms with E-state index in [2.05, 4.69) is 10.6 Å². The van der Waals surface area contributed by atoms with Crippen LogP contribution in [0.4, 0.5) is 5.69 Å². The van der Waals surface area contributed by atoms with Crippen molar-refractivity contribution in [2.75, 3.05) is 44.6 Å². The maximum absolute atomic E-state index is 10.6. The number of rotatable bonds is 15. The first-order chi connectivity index (χ1) is 19.7. The molecule has 0 aliphatic heterocycles. The van der Waals surface area contributed by atoms with Crippen molar-refractivity contribution in [1.82, 2.24) is 15.1 Å². The molecule has 1 aromatic carbocycles. The molecule has 1 aliphatic rings. The summed E-state index contributed by atoms with van der Waals surface area (Å²) >= 11 is 4.87. The highest BCUT2D eigenvalue weighted by molar-refractivity contribution is 7.80. The molecule has 0 heterocycles. The van der Waals surface area contributed by atoms with Gasteiger partial charge in [-0.15, -0.1) is 0 Å². The number of carbonyl (C=O) groups is 5. The monoisotopic (exact) mass is 614 g/mol. The molecular weight excluding hydrogens is 572 g/mol. The molecule has 0 saturated heterocycles. The normalized spacial score (nSPS) is 13.5. The zero-order chi connectivity index (χ0) is 32.1. The van der Waals surface area contributed by atoms with Gasteiger partial charge in [-0.05, 0) is 38.8 Å². The van der Waals surface area contributed by atoms with Gasteiger partial charge in [-0.25, -0.2) is 0 Å². The fourth-order valence-corrected chi connectivity index (χ4v) is 4.18. The molecule has 1 atom stereocenters. The minimum Gasteiger partial charge on any atom is -0.480 e. The second-order valence-corrected chi connectivity index (χ2v) is 10.2. The molecule has 0 bridgehead atoms. The fourth-order valence-electron chi connectivity index (χ4n) is 4.06. The summed E-state index contributed by atoms with van der Waals surface area (Å²) in [5, 5.41) is 48.6. The highest BCUT2D eigenvalue weighted by Crippen LogP contribution is 2.22. The zero-order valence-corrected chi connectivity index (χ0v) is 24.7. The molecule has 1 saturated carbocycles. The molecule has 1 unspecified atom stereocenters. The molecule has 1 fully saturated rings. The van der Waals surface area contributed by atoms with Crippen molar-refractivity contribution in [2.24, 2.45) is 0 Å². The quantitative estimate of drug-likeness (QED) is 0.140. The number of nitrogens with one attached hydrogen (secondary N) is 2. The number of anilines is 1. The largest absolute Gasteiger partial charge is 0.480 e. The number of thiocarbonyl (C=S) groups is 1. The Labute approximate surface area is 250 Å². The van der Waals surface area contributed by atoms with Crippen molar-refractivity contribution in [3.63, 3.8) is 0 Å². The smallest absolute Gasteiger partial charge is 0.317 e. The van der Waals surface area contributed by atoms with Crippen molar-refractivity contribution in [1.29, 1.82) is 0 Å². The Hall–Kier alpha value is -3.66. The summed E-state index contributed by atoms with van der Waals surface area (Å²) in [5.74, 6) is -5.20. The van der Waals surface area contributed by atoms with E-state index in [1.807, 2.05) is 37.3 Å². The fraction of sp³-hybridized carbons (Fsp3) is 0.556. The lowest BCUT2D eigenvalue weighted by Gasteiger charge is -2.31. The Bertz CT molecular complexity index is 974. The molecule has 1 aromatic rings. The van der Waals surface area contributed by atoms with E-state index < -0.39 is 42.9 Å². The molecule has 1 aliphatic carbocycles. The van der Waals surface area contributed by atoms with Crippen LogP contribution in [0.3, 0.4) is 0 Å². The van der Waals surface area contributed by atoms with Crippen molar-refractivity contribution in [3.05, 3.63) is 30.3 Å². The van der Waals surface area contributed by atoms with Gasteiger partial charge in [0.25, 0.3) is 0 Å². The van der Waals surface area contributed by atoms with Gasteiger partial charge in [0, 0.05) is 24.3 Å². The van der Waals surface area contributed by atoms with Gasteiger partial charge >= 0.3 is 29.8 Å². The summed E-state index contributed by atoms with van der Waals surface area (Å²) in [6.07, 6.45) is 5.15. The minimum atomic E-state index is -1.13. The zero-order valence-electron chi connectivity index (χ0n) is 23.9. The van der Waals surface area contributed by atoms with Gasteiger partial charge in [-0.2, -0.15) is 0 Å². The molecule has 42 heavy (non-hydrogen) atoms. The Balaban J connectivity index is 0.000000618. The molecule has 0 aromatic heterocycles. The van der Waals surface area contributed by atoms with Gasteiger partial charge in [-0.1, -0.05) is 49.7 Å². The molecule has 236 valence electrons. The minimum absolute atomic E-state index is 0.131. The van der Waals surface area contributed by atoms with Gasteiger partial charge in [0.15, 0.2) is 0 Å². The number of aliphatic carboxylic acids is 5. The molecule has 15 heteroatoms. The molecule has 0 spiro atoms. The van der Waals surface area contributed by atoms with Crippen LogP contribution in [-0.4, -0.2) is 122 Å². The van der Waals surface area contributed by atoms with Crippen LogP contribution in [0.2, 0.25) is 0 Å². The third-order valence-electron chi connectivity index (χ3n) is 5.88. The molecule has 0 amide bonds. The van der Waals surface area contributed by atoms with Gasteiger partial charge in [0.2, 0.25) is 0 Å². The van der Waals surface area contributed by atoms with E-state index >= 15 is 0 Å². The maximum Gasteiger partial charge on any atom is 0.317 e. The van der Waals surface area contributed by atoms with E-state index in [4.69, 9.17) is 37.8 Å². The summed E-state index contributed by atoms with van der Waals surface area (Å²) in [6.45, 7) is 2.30. The van der Waals surface area contributed by atoms with Gasteiger partial charge in [0.05, 0.1) is 37.7 Å². The van der Waals surface area contributed by atoms with E-state index in [9.17, 15) is 24.0 Å². The number of hydrogen-bond donors (Lipinski definition) is 7. The number of carboxylic acids is 5. The lowest BCUT2D eigenvalue weighted by molar-refractivity contribution is -0.144. The average Bonchev–Trinajstić information content (AvgIpc) is 2.88. The molecule has 14 nitrogen and oxygen atoms in total. The van der Waals surface area contributed by atoms with E-state index in [0.717, 1.165) is 36.4 Å². The topological polar surface area (TPSA) is 217 Å². The Kier molecular flexibility index (Phi) is 20.1. The summed E-state index contributed by atoms with van der Waals surface area (Å²) in [6, 6.07) is 9.63. The van der Waals surface area contributed by atoms with Gasteiger partial charge in [0.1, 0.15) is 0 Å². The highest BCUT2D eigenvalue weighted by Gasteiger charge is 2.24. The predicted molar refractivity (Wildman–Crippen MR) is 159 cm³/mol. The molecular formula is C27H42N4O10S. The number of para-hydroxylation sites is 1. The maximum atomic E-state index is 10.6. The third kappa shape index (κ3) is 21.1. The van der Waals surface area contributed by atoms with Crippen LogP contribution in [0.5, 0.6) is 0 Å². The van der Waals surface area contributed by atoms with Gasteiger partial charge in [-0.3, -0.25) is 33.8 Å². The first-order valence-electron chi connectivity index (χ1n) is 13.3. The van der Waals surface area contributed by atoms with E-state index in [1.54, 1.807) is 11.8 Å². The standard InChI is InChI=1S/C10H17NO4.C9H16N2O6.C8H9NS/c12-9(13)6-11(7-10(14)15)8-4-2-1-3-5-8;1-6(2-10-3-7(12)13)11(4-8(14)15)5-9(16)17;1-7(10)9-8-5-3-2-4-6-8/h8H,1-7H2,(H,12,13)(H,14,15);6,10H,2-5H2,1H3,(H,12,13)(H,14,15)(H,16,17);2-6H,1H3,(H,9,10). The summed E-state index contributed by atoms with van der Waals surface area (Å²) in [4.78, 5) is 56.1. The number of benzene rings is 1. The highest BCUT2D eigenvalue weighted by atomic mass is 32.1. The van der Waals surface area contributed by atoms with Crippen molar-refractivity contribution < 1.29 is 49.5 Å². The van der Waals surface area contributed by atoms with Crippen LogP contribution in [0.1, 0.15) is 46.0 Å². The van der Waals surface area contributed by atoms with E-state index in [1.165, 1.54) is 11.3 Å². The van der Waals surface area contributed by atoms with Crippen LogP contribution in [0, 0.1) is 0 Å². The number of hydrogen-bond acceptors (Lipinski definition) is 9. The SMILES string of the molecule is CC(=S)Nc1ccccc1.CC(CNCC(=O)O)N(CC(=O)O)CC(=O)O.O=C(O)CN(CC(=O)O)C1CCCCC1. The van der Waals surface area contributed by atoms with Crippen LogP contribution < -0.4 is 10.6 Å². The van der Waals surface area contributed by atoms with Crippen LogP contribution in [-0.2, 0) is 24.0 Å². The first kappa shape index (κ1) is 38.3. The van der Waals surface area contributed by atoms with Crippen molar-refractivity contribution in [3.8, 4) is 0 Å². The van der Waals surface area contributed by atoms with Crippen LogP contribution in [0.25, 0.3) is 0 Å². The second-order valence-electron chi connectivity index (χ2n) is 9.60. The predicted octanol–water partition coefficient (Wildman–Crippen LogP) is 1.76.